The Labute approximate surface area is 140 Å². The highest BCUT2D eigenvalue weighted by Gasteiger charge is 2.25. The molecule has 22 heavy (non-hydrogen) atoms. The molecule has 0 aromatic heterocycles. The lowest BCUT2D eigenvalue weighted by atomic mass is 10.1. The van der Waals surface area contributed by atoms with Gasteiger partial charge in [0.25, 0.3) is 0 Å². The fourth-order valence-electron chi connectivity index (χ4n) is 2.33. The van der Waals surface area contributed by atoms with Crippen molar-refractivity contribution in [1.29, 1.82) is 0 Å². The van der Waals surface area contributed by atoms with E-state index < -0.39 is 0 Å². The smallest absolute Gasteiger partial charge is 0.317 e. The Morgan fingerprint density at radius 3 is 2.95 bits per heavy atom. The summed E-state index contributed by atoms with van der Waals surface area (Å²) in [6, 6.07) is 5.15. The summed E-state index contributed by atoms with van der Waals surface area (Å²) in [6.07, 6.45) is 0.857. The van der Waals surface area contributed by atoms with Crippen LogP contribution in [0.4, 0.5) is 4.79 Å². The molecule has 2 rings (SSSR count). The summed E-state index contributed by atoms with van der Waals surface area (Å²) >= 11 is 11.9. The molecule has 1 saturated heterocycles. The first-order valence-electron chi connectivity index (χ1n) is 7.25. The quantitative estimate of drug-likeness (QED) is 0.778. The van der Waals surface area contributed by atoms with Gasteiger partial charge in [-0.1, -0.05) is 29.3 Å². The Hall–Kier alpha value is -1.01. The number of hydrogen-bond acceptors (Lipinski definition) is 3. The number of hydrogen-bond donors (Lipinski definition) is 2. The molecule has 1 aromatic carbocycles. The summed E-state index contributed by atoms with van der Waals surface area (Å²) < 4.78 is 5.49. The van der Waals surface area contributed by atoms with Crippen LogP contribution in [0.1, 0.15) is 12.0 Å². The van der Waals surface area contributed by atoms with Gasteiger partial charge in [0, 0.05) is 42.2 Å². The Balaban J connectivity index is 1.62. The third kappa shape index (κ3) is 5.02. The molecule has 2 amide bonds. The lowest BCUT2D eigenvalue weighted by Crippen LogP contribution is -2.40. The molecular formula is C15H20Cl2N2O3. The Bertz CT molecular complexity index is 514. The van der Waals surface area contributed by atoms with Crippen molar-refractivity contribution in [2.75, 3.05) is 32.8 Å². The van der Waals surface area contributed by atoms with Crippen LogP contribution in [0, 0.1) is 5.92 Å². The molecule has 0 spiro atoms. The number of carbonyl (C=O) groups is 1. The van der Waals surface area contributed by atoms with Gasteiger partial charge in [-0.2, -0.15) is 0 Å². The highest BCUT2D eigenvalue weighted by atomic mass is 35.5. The van der Waals surface area contributed by atoms with Gasteiger partial charge in [-0.05, 0) is 24.1 Å². The van der Waals surface area contributed by atoms with E-state index in [-0.39, 0.29) is 18.6 Å². The van der Waals surface area contributed by atoms with Gasteiger partial charge in [-0.3, -0.25) is 0 Å². The summed E-state index contributed by atoms with van der Waals surface area (Å²) in [5.74, 6) is 0.203. The molecule has 2 N–H and O–H groups in total. The Morgan fingerprint density at radius 2 is 2.27 bits per heavy atom. The minimum atomic E-state index is -0.107. The van der Waals surface area contributed by atoms with Crippen LogP contribution in [-0.2, 0) is 11.3 Å². The molecule has 1 heterocycles. The van der Waals surface area contributed by atoms with E-state index in [0.717, 1.165) is 12.0 Å². The standard InChI is InChI=1S/C15H20Cl2N2O3/c16-13-2-1-12(14(17)7-13)10-22-6-4-18-15(21)19-5-3-11(8-19)9-20/h1-2,7,11,20H,3-6,8-10H2,(H,18,21). The summed E-state index contributed by atoms with van der Waals surface area (Å²) in [4.78, 5) is 13.6. The minimum Gasteiger partial charge on any atom is -0.396 e. The average molecular weight is 347 g/mol. The van der Waals surface area contributed by atoms with E-state index in [1.807, 2.05) is 6.07 Å². The van der Waals surface area contributed by atoms with E-state index in [2.05, 4.69) is 5.32 Å². The normalized spacial score (nSPS) is 17.8. The second-order valence-electron chi connectivity index (χ2n) is 5.30. The summed E-state index contributed by atoms with van der Waals surface area (Å²) in [5.41, 5.74) is 0.864. The van der Waals surface area contributed by atoms with Crippen molar-refractivity contribution in [3.05, 3.63) is 33.8 Å². The molecule has 0 bridgehead atoms. The van der Waals surface area contributed by atoms with Crippen LogP contribution in [0.5, 0.6) is 0 Å². The SMILES string of the molecule is O=C(NCCOCc1ccc(Cl)cc1Cl)N1CCC(CO)C1. The highest BCUT2D eigenvalue weighted by Crippen LogP contribution is 2.21. The molecule has 1 aliphatic rings. The number of aliphatic hydroxyl groups is 1. The number of aliphatic hydroxyl groups excluding tert-OH is 1. The minimum absolute atomic E-state index is 0.107. The maximum Gasteiger partial charge on any atom is 0.317 e. The van der Waals surface area contributed by atoms with Crippen molar-refractivity contribution in [3.8, 4) is 0 Å². The first-order chi connectivity index (χ1) is 10.6. The fraction of sp³-hybridized carbons (Fsp3) is 0.533. The molecule has 1 unspecified atom stereocenters. The predicted molar refractivity (Wildman–Crippen MR) is 86.3 cm³/mol. The Kier molecular flexibility index (Phi) is 6.76. The van der Waals surface area contributed by atoms with Crippen LogP contribution < -0.4 is 5.32 Å². The van der Waals surface area contributed by atoms with Gasteiger partial charge in [-0.15, -0.1) is 0 Å². The van der Waals surface area contributed by atoms with Crippen LogP contribution in [0.3, 0.4) is 0 Å². The van der Waals surface area contributed by atoms with Crippen LogP contribution in [0.25, 0.3) is 0 Å². The summed E-state index contributed by atoms with van der Waals surface area (Å²) in [5, 5.41) is 13.0. The average Bonchev–Trinajstić information content (AvgIpc) is 2.97. The second kappa shape index (κ2) is 8.58. The number of carbonyl (C=O) groups excluding carboxylic acids is 1. The third-order valence-electron chi connectivity index (χ3n) is 3.63. The maximum absolute atomic E-state index is 11.9. The zero-order valence-corrected chi connectivity index (χ0v) is 13.7. The van der Waals surface area contributed by atoms with Gasteiger partial charge < -0.3 is 20.1 Å². The third-order valence-corrected chi connectivity index (χ3v) is 4.21. The van der Waals surface area contributed by atoms with E-state index in [0.29, 0.717) is 42.9 Å². The van der Waals surface area contributed by atoms with Crippen molar-refractivity contribution in [3.63, 3.8) is 0 Å². The molecule has 1 aromatic rings. The number of nitrogens with one attached hydrogen (secondary N) is 1. The lowest BCUT2D eigenvalue weighted by molar-refractivity contribution is 0.121. The first-order valence-corrected chi connectivity index (χ1v) is 8.01. The number of benzene rings is 1. The van der Waals surface area contributed by atoms with E-state index in [9.17, 15) is 4.79 Å². The van der Waals surface area contributed by atoms with E-state index >= 15 is 0 Å². The molecule has 1 atom stereocenters. The zero-order chi connectivity index (χ0) is 15.9. The van der Waals surface area contributed by atoms with Crippen LogP contribution >= 0.6 is 23.2 Å². The molecule has 0 aliphatic carbocycles. The van der Waals surface area contributed by atoms with Crippen molar-refractivity contribution in [2.45, 2.75) is 13.0 Å². The van der Waals surface area contributed by atoms with Crippen molar-refractivity contribution in [2.24, 2.45) is 5.92 Å². The van der Waals surface area contributed by atoms with Crippen LogP contribution in [0.15, 0.2) is 18.2 Å². The summed E-state index contributed by atoms with van der Waals surface area (Å²) in [6.45, 7) is 2.66. The molecular weight excluding hydrogens is 327 g/mol. The second-order valence-corrected chi connectivity index (χ2v) is 6.15. The first kappa shape index (κ1) is 17.3. The van der Waals surface area contributed by atoms with Gasteiger partial charge in [0.05, 0.1) is 13.2 Å². The van der Waals surface area contributed by atoms with Crippen LogP contribution in [0.2, 0.25) is 10.0 Å². The number of amides is 2. The van der Waals surface area contributed by atoms with Gasteiger partial charge >= 0.3 is 6.03 Å². The van der Waals surface area contributed by atoms with Gasteiger partial charge in [0.15, 0.2) is 0 Å². The number of nitrogens with zero attached hydrogens (tertiary/aromatic N) is 1. The fourth-order valence-corrected chi connectivity index (χ4v) is 2.79. The monoisotopic (exact) mass is 346 g/mol. The van der Waals surface area contributed by atoms with E-state index in [1.54, 1.807) is 17.0 Å². The largest absolute Gasteiger partial charge is 0.396 e. The number of rotatable bonds is 6. The van der Waals surface area contributed by atoms with Gasteiger partial charge in [0.1, 0.15) is 0 Å². The molecule has 0 radical (unpaired) electrons. The van der Waals surface area contributed by atoms with Gasteiger partial charge in [-0.25, -0.2) is 4.79 Å². The van der Waals surface area contributed by atoms with Crippen LogP contribution in [-0.4, -0.2) is 48.9 Å². The number of likely N-dealkylation sites (tertiary alicyclic amines) is 1. The topological polar surface area (TPSA) is 61.8 Å². The Morgan fingerprint density at radius 1 is 1.45 bits per heavy atom. The molecule has 5 nitrogen and oxygen atoms in total. The molecule has 7 heteroatoms. The lowest BCUT2D eigenvalue weighted by Gasteiger charge is -2.17. The molecule has 122 valence electrons. The zero-order valence-electron chi connectivity index (χ0n) is 12.2. The van der Waals surface area contributed by atoms with Crippen molar-refractivity contribution >= 4 is 29.2 Å². The maximum atomic E-state index is 11.9. The number of urea groups is 1. The van der Waals surface area contributed by atoms with Crippen molar-refractivity contribution in [1.82, 2.24) is 10.2 Å². The summed E-state index contributed by atoms with van der Waals surface area (Å²) in [7, 11) is 0. The van der Waals surface area contributed by atoms with Gasteiger partial charge in [0.2, 0.25) is 0 Å². The predicted octanol–water partition coefficient (Wildman–Crippen LogP) is 2.53. The highest BCUT2D eigenvalue weighted by molar-refractivity contribution is 6.35. The number of ether oxygens (including phenoxy) is 1. The molecule has 1 aliphatic heterocycles. The molecule has 0 saturated carbocycles. The number of halogens is 2. The van der Waals surface area contributed by atoms with E-state index in [1.165, 1.54) is 0 Å². The molecule has 1 fully saturated rings. The van der Waals surface area contributed by atoms with E-state index in [4.69, 9.17) is 33.0 Å². The van der Waals surface area contributed by atoms with Crippen molar-refractivity contribution < 1.29 is 14.6 Å².